The van der Waals surface area contributed by atoms with Crippen LogP contribution in [0.3, 0.4) is 0 Å². The van der Waals surface area contributed by atoms with Gasteiger partial charge in [0.05, 0.1) is 12.6 Å². The first-order valence-electron chi connectivity index (χ1n) is 4.89. The van der Waals surface area contributed by atoms with Crippen LogP contribution in [-0.2, 0) is 14.3 Å². The lowest BCUT2D eigenvalue weighted by atomic mass is 10.2. The van der Waals surface area contributed by atoms with Crippen molar-refractivity contribution in [2.75, 3.05) is 31.8 Å². The van der Waals surface area contributed by atoms with Gasteiger partial charge in [-0.3, -0.25) is 4.79 Å². The molecule has 0 aromatic heterocycles. The summed E-state index contributed by atoms with van der Waals surface area (Å²) in [5, 5.41) is 10.8. The predicted molar refractivity (Wildman–Crippen MR) is 62.4 cm³/mol. The highest BCUT2D eigenvalue weighted by molar-refractivity contribution is 7.98. The quantitative estimate of drug-likeness (QED) is 0.467. The van der Waals surface area contributed by atoms with Crippen molar-refractivity contribution < 1.29 is 19.4 Å². The average Bonchev–Trinajstić information content (AvgIpc) is 2.24. The highest BCUT2D eigenvalue weighted by Gasteiger charge is 2.11. The number of hydrogen-bond acceptors (Lipinski definition) is 5. The Bertz CT molecular complexity index is 226. The van der Waals surface area contributed by atoms with Crippen molar-refractivity contribution in [1.29, 1.82) is 0 Å². The summed E-state index contributed by atoms with van der Waals surface area (Å²) in [5.41, 5.74) is 5.61. The summed E-state index contributed by atoms with van der Waals surface area (Å²) in [5.74, 6) is -0.416. The van der Waals surface area contributed by atoms with Gasteiger partial charge < -0.3 is 20.9 Å². The van der Waals surface area contributed by atoms with Crippen LogP contribution in [0.15, 0.2) is 0 Å². The highest BCUT2D eigenvalue weighted by Crippen LogP contribution is 1.98. The molecular weight excluding hydrogens is 232 g/mol. The molecule has 94 valence electrons. The van der Waals surface area contributed by atoms with Gasteiger partial charge in [-0.25, -0.2) is 4.79 Å². The molecule has 0 unspecified atom stereocenters. The molecule has 0 aliphatic carbocycles. The second kappa shape index (κ2) is 9.44. The van der Waals surface area contributed by atoms with E-state index in [9.17, 15) is 9.59 Å². The minimum absolute atomic E-state index is 0.174. The topological polar surface area (TPSA) is 102 Å². The molecule has 16 heavy (non-hydrogen) atoms. The Balaban J connectivity index is 3.45. The van der Waals surface area contributed by atoms with Crippen molar-refractivity contribution >= 4 is 23.6 Å². The maximum absolute atomic E-state index is 11.3. The highest BCUT2D eigenvalue weighted by atomic mass is 32.2. The molecule has 0 fully saturated rings. The molecule has 0 aliphatic rings. The predicted octanol–water partition coefficient (Wildman–Crippen LogP) is -0.716. The van der Waals surface area contributed by atoms with Crippen LogP contribution in [0.25, 0.3) is 0 Å². The lowest BCUT2D eigenvalue weighted by Gasteiger charge is -2.11. The van der Waals surface area contributed by atoms with Crippen LogP contribution >= 0.6 is 11.8 Å². The summed E-state index contributed by atoms with van der Waals surface area (Å²) < 4.78 is 4.75. The SMILES string of the molecule is CSCC[C@@H](N)C(=O)NCCOCC(=O)O. The number of amides is 1. The zero-order valence-electron chi connectivity index (χ0n) is 9.27. The van der Waals surface area contributed by atoms with E-state index >= 15 is 0 Å². The fourth-order valence-corrected chi connectivity index (χ4v) is 1.40. The van der Waals surface area contributed by atoms with Gasteiger partial charge in [-0.1, -0.05) is 0 Å². The van der Waals surface area contributed by atoms with Crippen molar-refractivity contribution in [2.24, 2.45) is 5.73 Å². The third-order valence-electron chi connectivity index (χ3n) is 1.74. The third kappa shape index (κ3) is 8.51. The molecule has 0 radical (unpaired) electrons. The minimum atomic E-state index is -1.03. The number of aliphatic carboxylic acids is 1. The van der Waals surface area contributed by atoms with Crippen LogP contribution in [0.4, 0.5) is 0 Å². The number of carbonyl (C=O) groups excluding carboxylic acids is 1. The molecule has 0 aromatic carbocycles. The second-order valence-electron chi connectivity index (χ2n) is 3.13. The number of carboxylic acid groups (broad SMARTS) is 1. The van der Waals surface area contributed by atoms with E-state index in [4.69, 9.17) is 15.6 Å². The van der Waals surface area contributed by atoms with Crippen molar-refractivity contribution in [3.05, 3.63) is 0 Å². The monoisotopic (exact) mass is 250 g/mol. The summed E-state index contributed by atoms with van der Waals surface area (Å²) in [7, 11) is 0. The summed E-state index contributed by atoms with van der Waals surface area (Å²) in [4.78, 5) is 21.4. The molecule has 0 bridgehead atoms. The van der Waals surface area contributed by atoms with Crippen molar-refractivity contribution in [2.45, 2.75) is 12.5 Å². The van der Waals surface area contributed by atoms with E-state index in [2.05, 4.69) is 5.32 Å². The number of hydrogen-bond donors (Lipinski definition) is 3. The van der Waals surface area contributed by atoms with Crippen LogP contribution in [0, 0.1) is 0 Å². The van der Waals surface area contributed by atoms with E-state index in [-0.39, 0.29) is 25.7 Å². The van der Waals surface area contributed by atoms with Gasteiger partial charge in [0.25, 0.3) is 0 Å². The number of carbonyl (C=O) groups is 2. The maximum atomic E-state index is 11.3. The summed E-state index contributed by atoms with van der Waals surface area (Å²) in [6.07, 6.45) is 2.58. The maximum Gasteiger partial charge on any atom is 0.329 e. The fourth-order valence-electron chi connectivity index (χ4n) is 0.913. The molecule has 7 heteroatoms. The lowest BCUT2D eigenvalue weighted by molar-refractivity contribution is -0.142. The number of thioether (sulfide) groups is 1. The molecule has 1 atom stereocenters. The molecule has 1 amide bonds. The molecular formula is C9H18N2O4S. The zero-order chi connectivity index (χ0) is 12.4. The molecule has 6 nitrogen and oxygen atoms in total. The van der Waals surface area contributed by atoms with Gasteiger partial charge >= 0.3 is 5.97 Å². The van der Waals surface area contributed by atoms with Crippen molar-refractivity contribution in [1.82, 2.24) is 5.32 Å². The largest absolute Gasteiger partial charge is 0.480 e. The first-order valence-corrected chi connectivity index (χ1v) is 6.29. The van der Waals surface area contributed by atoms with E-state index in [1.54, 1.807) is 11.8 Å². The van der Waals surface area contributed by atoms with Crippen LogP contribution < -0.4 is 11.1 Å². The number of carboxylic acids is 1. The van der Waals surface area contributed by atoms with Gasteiger partial charge in [0.1, 0.15) is 6.61 Å². The summed E-state index contributed by atoms with van der Waals surface area (Å²) in [6.45, 7) is 0.0980. The smallest absolute Gasteiger partial charge is 0.329 e. The Morgan fingerprint density at radius 2 is 2.25 bits per heavy atom. The van der Waals surface area contributed by atoms with Gasteiger partial charge in [0.15, 0.2) is 0 Å². The Hall–Kier alpha value is -0.790. The van der Waals surface area contributed by atoms with E-state index in [0.717, 1.165) is 5.75 Å². The normalized spacial score (nSPS) is 12.1. The van der Waals surface area contributed by atoms with Crippen molar-refractivity contribution in [3.8, 4) is 0 Å². The van der Waals surface area contributed by atoms with E-state index in [1.807, 2.05) is 6.26 Å². The fraction of sp³-hybridized carbons (Fsp3) is 0.778. The molecule has 0 aromatic rings. The average molecular weight is 250 g/mol. The van der Waals surface area contributed by atoms with Crippen molar-refractivity contribution in [3.63, 3.8) is 0 Å². The molecule has 0 saturated heterocycles. The number of nitrogens with one attached hydrogen (secondary N) is 1. The van der Waals surface area contributed by atoms with Gasteiger partial charge in [-0.15, -0.1) is 0 Å². The van der Waals surface area contributed by atoms with Gasteiger partial charge in [-0.2, -0.15) is 11.8 Å². The first-order chi connectivity index (χ1) is 7.57. The molecule has 0 heterocycles. The Labute approximate surface area is 98.9 Å². The summed E-state index contributed by atoms with van der Waals surface area (Å²) >= 11 is 1.63. The van der Waals surface area contributed by atoms with Crippen LogP contribution in [-0.4, -0.2) is 54.8 Å². The van der Waals surface area contributed by atoms with Crippen LogP contribution in [0.5, 0.6) is 0 Å². The number of nitrogens with two attached hydrogens (primary N) is 1. The Morgan fingerprint density at radius 3 is 2.81 bits per heavy atom. The molecule has 0 aliphatic heterocycles. The Kier molecular flexibility index (Phi) is 8.97. The third-order valence-corrected chi connectivity index (χ3v) is 2.38. The number of rotatable bonds is 9. The first kappa shape index (κ1) is 15.2. The Morgan fingerprint density at radius 1 is 1.56 bits per heavy atom. The van der Waals surface area contributed by atoms with E-state index < -0.39 is 12.0 Å². The summed E-state index contributed by atoms with van der Waals surface area (Å²) in [6, 6.07) is -0.507. The second-order valence-corrected chi connectivity index (χ2v) is 4.11. The van der Waals surface area contributed by atoms with Gasteiger partial charge in [0, 0.05) is 6.54 Å². The molecule has 0 saturated carbocycles. The van der Waals surface area contributed by atoms with Gasteiger partial charge in [-0.05, 0) is 18.4 Å². The number of ether oxygens (including phenoxy) is 1. The zero-order valence-corrected chi connectivity index (χ0v) is 10.1. The molecule has 0 rings (SSSR count). The van der Waals surface area contributed by atoms with E-state index in [0.29, 0.717) is 6.42 Å². The van der Waals surface area contributed by atoms with Crippen LogP contribution in [0.2, 0.25) is 0 Å². The standard InChI is InChI=1S/C9H18N2O4S/c1-16-5-2-7(10)9(14)11-3-4-15-6-8(12)13/h7H,2-6,10H2,1H3,(H,11,14)(H,12,13)/t7-/m1/s1. The minimum Gasteiger partial charge on any atom is -0.480 e. The van der Waals surface area contributed by atoms with E-state index in [1.165, 1.54) is 0 Å². The van der Waals surface area contributed by atoms with Crippen LogP contribution in [0.1, 0.15) is 6.42 Å². The van der Waals surface area contributed by atoms with Gasteiger partial charge in [0.2, 0.25) is 5.91 Å². The molecule has 0 spiro atoms. The lowest BCUT2D eigenvalue weighted by Crippen LogP contribution is -2.42. The molecule has 4 N–H and O–H groups in total.